The summed E-state index contributed by atoms with van der Waals surface area (Å²) >= 11 is 0. The molecule has 0 unspecified atom stereocenters. The number of benzene rings is 2. The van der Waals surface area contributed by atoms with E-state index < -0.39 is 34.5 Å². The number of aromatic nitrogens is 1. The number of pyridine rings is 1. The third-order valence-corrected chi connectivity index (χ3v) is 10.7. The number of amides is 2. The summed E-state index contributed by atoms with van der Waals surface area (Å²) in [7, 11) is -4.03. The van der Waals surface area contributed by atoms with Gasteiger partial charge in [0.1, 0.15) is 36.3 Å². The number of unbranched alkanes of at least 4 members (excludes halogenated alkanes) is 10. The summed E-state index contributed by atoms with van der Waals surface area (Å²) in [5.74, 6) is -2.04. The van der Waals surface area contributed by atoms with Crippen molar-refractivity contribution < 1.29 is 65.9 Å². The highest BCUT2D eigenvalue weighted by atomic mass is 32.2. The number of hydrogen-bond donors (Lipinski definition) is 5. The monoisotopic (exact) mass is 904 g/mol. The lowest BCUT2D eigenvalue weighted by molar-refractivity contribution is -0.143. The average Bonchev–Trinajstić information content (AvgIpc) is 3.25. The Morgan fingerprint density at radius 1 is 0.619 bits per heavy atom. The minimum Gasteiger partial charge on any atom is -0.481 e. The number of ether oxygens (including phenoxy) is 5. The summed E-state index contributed by atoms with van der Waals surface area (Å²) in [4.78, 5) is 49.2. The summed E-state index contributed by atoms with van der Waals surface area (Å²) in [6.07, 6.45) is 13.6. The SMILES string of the molecule is O=C(O)CCCCCCCCCCCCCc1cc(Oc2ccc(S(=O)(=O)Nc3ccc(C(=O)NCCOCCOCC(=O)NCCOCCOCC(=O)O)cn3)cc2)ccc1F. The van der Waals surface area contributed by atoms with Crippen LogP contribution in [-0.2, 0) is 49.8 Å². The number of carbonyl (C=O) groups excluding carboxylic acids is 2. The fourth-order valence-corrected chi connectivity index (χ4v) is 7.02. The maximum Gasteiger partial charge on any atom is 0.329 e. The maximum absolute atomic E-state index is 14.6. The van der Waals surface area contributed by atoms with Gasteiger partial charge in [0.15, 0.2) is 0 Å². The lowest BCUT2D eigenvalue weighted by atomic mass is 10.0. The van der Waals surface area contributed by atoms with Crippen LogP contribution >= 0.6 is 0 Å². The number of anilines is 1. The van der Waals surface area contributed by atoms with Crippen LogP contribution < -0.4 is 20.1 Å². The molecule has 19 heteroatoms. The summed E-state index contributed by atoms with van der Waals surface area (Å²) in [6, 6.07) is 13.1. The van der Waals surface area contributed by atoms with Crippen molar-refractivity contribution in [2.24, 2.45) is 0 Å². The van der Waals surface area contributed by atoms with Crippen LogP contribution in [0.5, 0.6) is 11.5 Å². The molecule has 1 heterocycles. The number of hydrogen-bond acceptors (Lipinski definition) is 12. The summed E-state index contributed by atoms with van der Waals surface area (Å²) in [6.45, 7) is 0.969. The smallest absolute Gasteiger partial charge is 0.329 e. The lowest BCUT2D eigenvalue weighted by Gasteiger charge is -2.11. The van der Waals surface area contributed by atoms with E-state index in [2.05, 4.69) is 20.3 Å². The van der Waals surface area contributed by atoms with Gasteiger partial charge >= 0.3 is 11.9 Å². The number of halogens is 1. The second-order valence-corrected chi connectivity index (χ2v) is 16.2. The standard InChI is InChI=1S/C44H61FN4O13S/c45-39-20-17-37(30-34(39)12-10-8-6-4-2-1-3-5-7-9-11-13-42(51)52)62-36-15-18-38(19-16-36)63(56,57)49-40-21-14-35(31-48-40)44(55)47-23-25-59-26-28-60-32-41(50)46-22-24-58-27-29-61-33-43(53)54/h14-21,30-31H,1-13,22-29,32-33H2,(H,46,50)(H,47,55)(H,48,49)(H,51,52)(H,53,54). The van der Waals surface area contributed by atoms with Gasteiger partial charge in [-0.3, -0.25) is 19.1 Å². The van der Waals surface area contributed by atoms with Crippen molar-refractivity contribution in [1.82, 2.24) is 15.6 Å². The molecule has 348 valence electrons. The fourth-order valence-electron chi connectivity index (χ4n) is 6.01. The molecule has 0 saturated carbocycles. The molecule has 0 saturated heterocycles. The normalized spacial score (nSPS) is 11.3. The zero-order valence-corrected chi connectivity index (χ0v) is 36.5. The quantitative estimate of drug-likeness (QED) is 0.0414. The van der Waals surface area contributed by atoms with Crippen LogP contribution in [0.2, 0.25) is 0 Å². The Morgan fingerprint density at radius 2 is 1.19 bits per heavy atom. The Morgan fingerprint density at radius 3 is 1.79 bits per heavy atom. The molecule has 0 bridgehead atoms. The molecule has 0 aliphatic rings. The minimum absolute atomic E-state index is 0.00873. The molecule has 0 atom stereocenters. The first-order valence-electron chi connectivity index (χ1n) is 21.3. The van der Waals surface area contributed by atoms with E-state index in [-0.39, 0.29) is 93.8 Å². The number of nitrogens with one attached hydrogen (secondary N) is 3. The summed E-state index contributed by atoms with van der Waals surface area (Å²) < 4.78 is 69.7. The van der Waals surface area contributed by atoms with Crippen molar-refractivity contribution in [2.75, 3.05) is 70.7 Å². The van der Waals surface area contributed by atoms with Gasteiger partial charge in [-0.2, -0.15) is 0 Å². The molecular weight excluding hydrogens is 844 g/mol. The van der Waals surface area contributed by atoms with Crippen LogP contribution in [0.1, 0.15) is 93.0 Å². The van der Waals surface area contributed by atoms with Crippen molar-refractivity contribution in [3.63, 3.8) is 0 Å². The van der Waals surface area contributed by atoms with E-state index in [1.165, 1.54) is 74.0 Å². The highest BCUT2D eigenvalue weighted by Crippen LogP contribution is 2.26. The van der Waals surface area contributed by atoms with Gasteiger partial charge in [-0.05, 0) is 79.4 Å². The molecule has 0 spiro atoms. The Kier molecular flexibility index (Phi) is 25.5. The van der Waals surface area contributed by atoms with Crippen LogP contribution in [-0.4, -0.2) is 113 Å². The molecule has 3 rings (SSSR count). The third-order valence-electron chi connectivity index (χ3n) is 9.29. The molecule has 0 fully saturated rings. The lowest BCUT2D eigenvalue weighted by Crippen LogP contribution is -2.31. The second-order valence-electron chi connectivity index (χ2n) is 14.5. The van der Waals surface area contributed by atoms with Gasteiger partial charge in [0.2, 0.25) is 5.91 Å². The van der Waals surface area contributed by atoms with Crippen molar-refractivity contribution in [1.29, 1.82) is 0 Å². The predicted molar refractivity (Wildman–Crippen MR) is 231 cm³/mol. The van der Waals surface area contributed by atoms with E-state index in [9.17, 15) is 32.0 Å². The van der Waals surface area contributed by atoms with Gasteiger partial charge in [-0.1, -0.05) is 57.8 Å². The molecule has 2 aromatic carbocycles. The van der Waals surface area contributed by atoms with Crippen molar-refractivity contribution in [3.8, 4) is 11.5 Å². The van der Waals surface area contributed by atoms with E-state index in [0.29, 0.717) is 23.5 Å². The second kappa shape index (κ2) is 30.8. The van der Waals surface area contributed by atoms with Gasteiger partial charge in [0.05, 0.1) is 50.1 Å². The average molecular weight is 905 g/mol. The molecular formula is C44H61FN4O13S. The molecule has 0 aliphatic carbocycles. The van der Waals surface area contributed by atoms with Crippen molar-refractivity contribution in [2.45, 2.75) is 88.4 Å². The largest absolute Gasteiger partial charge is 0.481 e. The number of sulfonamides is 1. The van der Waals surface area contributed by atoms with E-state index in [1.54, 1.807) is 6.07 Å². The van der Waals surface area contributed by atoms with E-state index in [0.717, 1.165) is 51.4 Å². The zero-order chi connectivity index (χ0) is 45.5. The van der Waals surface area contributed by atoms with Crippen LogP contribution in [0.25, 0.3) is 0 Å². The molecule has 0 radical (unpaired) electrons. The van der Waals surface area contributed by atoms with Gasteiger partial charge in [0.25, 0.3) is 15.9 Å². The Labute approximate surface area is 368 Å². The molecule has 2 amide bonds. The Balaban J connectivity index is 1.27. The number of carboxylic acid groups (broad SMARTS) is 2. The molecule has 1 aromatic heterocycles. The minimum atomic E-state index is -4.03. The van der Waals surface area contributed by atoms with Gasteiger partial charge < -0.3 is 44.5 Å². The van der Waals surface area contributed by atoms with E-state index in [4.69, 9.17) is 33.9 Å². The molecule has 0 aliphatic heterocycles. The van der Waals surface area contributed by atoms with Crippen molar-refractivity contribution >= 4 is 39.6 Å². The number of aryl methyl sites for hydroxylation is 1. The predicted octanol–water partition coefficient (Wildman–Crippen LogP) is 6.12. The van der Waals surface area contributed by atoms with Crippen LogP contribution in [0.4, 0.5) is 10.2 Å². The third kappa shape index (κ3) is 23.7. The Bertz CT molecular complexity index is 1920. The molecule has 5 N–H and O–H groups in total. The number of nitrogens with zero attached hydrogens (tertiary/aromatic N) is 1. The van der Waals surface area contributed by atoms with Gasteiger partial charge in [-0.15, -0.1) is 0 Å². The van der Waals surface area contributed by atoms with Gasteiger partial charge in [-0.25, -0.2) is 22.6 Å². The Hall–Kier alpha value is -5.21. The molecule has 3 aromatic rings. The number of carboxylic acids is 2. The van der Waals surface area contributed by atoms with E-state index in [1.807, 2.05) is 0 Å². The number of carbonyl (C=O) groups is 4. The fraction of sp³-hybridized carbons (Fsp3) is 0.523. The molecule has 17 nitrogen and oxygen atoms in total. The number of aliphatic carboxylic acids is 2. The zero-order valence-electron chi connectivity index (χ0n) is 35.7. The molecule has 63 heavy (non-hydrogen) atoms. The topological polar surface area (TPSA) is 238 Å². The van der Waals surface area contributed by atoms with Crippen LogP contribution in [0.3, 0.4) is 0 Å². The summed E-state index contributed by atoms with van der Waals surface area (Å²) in [5, 5.41) is 22.4. The van der Waals surface area contributed by atoms with E-state index >= 15 is 0 Å². The highest BCUT2D eigenvalue weighted by Gasteiger charge is 2.16. The first kappa shape index (κ1) is 52.1. The number of rotatable bonds is 36. The van der Waals surface area contributed by atoms with Crippen molar-refractivity contribution in [3.05, 3.63) is 77.7 Å². The first-order chi connectivity index (χ1) is 30.4. The first-order valence-corrected chi connectivity index (χ1v) is 22.8. The van der Waals surface area contributed by atoms with Crippen LogP contribution in [0.15, 0.2) is 65.7 Å². The highest BCUT2D eigenvalue weighted by molar-refractivity contribution is 7.92. The van der Waals surface area contributed by atoms with Gasteiger partial charge in [0, 0.05) is 25.7 Å². The van der Waals surface area contributed by atoms with Crippen LogP contribution in [0, 0.1) is 5.82 Å². The summed E-state index contributed by atoms with van der Waals surface area (Å²) in [5.41, 5.74) is 0.765. The maximum atomic E-state index is 14.6.